The first-order valence-corrected chi connectivity index (χ1v) is 7.00. The van der Waals surface area contributed by atoms with Gasteiger partial charge in [0.05, 0.1) is 11.0 Å². The fraction of sp³-hybridized carbons (Fsp3) is 0. The lowest BCUT2D eigenvalue weighted by molar-refractivity contribution is 0.661. The van der Waals surface area contributed by atoms with E-state index in [0.29, 0.717) is 0 Å². The zero-order chi connectivity index (χ0) is 13.8. The minimum Gasteiger partial charge on any atom is -0.456 e. The summed E-state index contributed by atoms with van der Waals surface area (Å²) in [6.45, 7) is 0. The second kappa shape index (κ2) is 3.83. The zero-order valence-corrected chi connectivity index (χ0v) is 11.2. The Morgan fingerprint density at radius 3 is 2.52 bits per heavy atom. The molecule has 2 heteroatoms. The van der Waals surface area contributed by atoms with E-state index in [9.17, 15) is 0 Å². The van der Waals surface area contributed by atoms with E-state index in [1.807, 2.05) is 36.4 Å². The average Bonchev–Trinajstić information content (AvgIpc) is 2.92. The Labute approximate surface area is 120 Å². The van der Waals surface area contributed by atoms with E-state index in [1.54, 1.807) is 0 Å². The van der Waals surface area contributed by atoms with Crippen LogP contribution in [-0.4, -0.2) is 4.98 Å². The fourth-order valence-electron chi connectivity index (χ4n) is 3.08. The summed E-state index contributed by atoms with van der Waals surface area (Å²) >= 11 is 0. The van der Waals surface area contributed by atoms with Gasteiger partial charge in [-0.25, -0.2) is 4.98 Å². The third-order valence-electron chi connectivity index (χ3n) is 4.04. The first-order valence-electron chi connectivity index (χ1n) is 7.00. The van der Waals surface area contributed by atoms with Crippen LogP contribution >= 0.6 is 0 Å². The molecule has 2 aromatic heterocycles. The topological polar surface area (TPSA) is 26.0 Å². The summed E-state index contributed by atoms with van der Waals surface area (Å²) in [5.74, 6) is 0. The van der Waals surface area contributed by atoms with Gasteiger partial charge in [0.1, 0.15) is 11.2 Å². The predicted octanol–water partition coefficient (Wildman–Crippen LogP) is 5.29. The van der Waals surface area contributed by atoms with Crippen molar-refractivity contribution in [1.82, 2.24) is 4.98 Å². The van der Waals surface area contributed by atoms with Crippen molar-refractivity contribution in [2.24, 2.45) is 0 Å². The first kappa shape index (κ1) is 10.9. The first-order chi connectivity index (χ1) is 10.4. The third-order valence-corrected chi connectivity index (χ3v) is 4.04. The molecule has 0 amide bonds. The van der Waals surface area contributed by atoms with Crippen molar-refractivity contribution in [3.63, 3.8) is 0 Å². The molecule has 0 radical (unpaired) electrons. The van der Waals surface area contributed by atoms with Crippen molar-refractivity contribution < 1.29 is 4.42 Å². The van der Waals surface area contributed by atoms with Crippen molar-refractivity contribution in [2.75, 3.05) is 0 Å². The Bertz CT molecular complexity index is 1140. The third kappa shape index (κ3) is 1.44. The van der Waals surface area contributed by atoms with Crippen LogP contribution in [0.1, 0.15) is 0 Å². The monoisotopic (exact) mass is 269 g/mol. The number of hydrogen-bond acceptors (Lipinski definition) is 2. The minimum absolute atomic E-state index is 0.902. The van der Waals surface area contributed by atoms with Crippen LogP contribution < -0.4 is 0 Å². The molecule has 0 aliphatic rings. The van der Waals surface area contributed by atoms with E-state index in [-0.39, 0.29) is 0 Å². The van der Waals surface area contributed by atoms with Crippen LogP contribution in [-0.2, 0) is 0 Å². The summed E-state index contributed by atoms with van der Waals surface area (Å²) in [5.41, 5.74) is 3.87. The second-order valence-corrected chi connectivity index (χ2v) is 5.28. The Balaban J connectivity index is 2.09. The van der Waals surface area contributed by atoms with Crippen LogP contribution in [0.15, 0.2) is 71.1 Å². The number of nitrogens with zero attached hydrogens (tertiary/aromatic N) is 1. The van der Waals surface area contributed by atoms with Gasteiger partial charge in [-0.2, -0.15) is 0 Å². The van der Waals surface area contributed by atoms with Gasteiger partial charge in [-0.1, -0.05) is 36.4 Å². The number of para-hydroxylation sites is 2. The van der Waals surface area contributed by atoms with Crippen LogP contribution in [0.25, 0.3) is 43.7 Å². The standard InChI is InChI=1S/C19H11NO/c1-4-8-17-12(5-1)11-14-18(21-17)10-9-16-19(14)13-6-2-3-7-15(13)20-16/h1-11H. The van der Waals surface area contributed by atoms with Gasteiger partial charge in [-0.05, 0) is 30.3 Å². The molecule has 2 heterocycles. The zero-order valence-electron chi connectivity index (χ0n) is 11.2. The smallest absolute Gasteiger partial charge is 0.135 e. The number of fused-ring (bicyclic) bond motifs is 6. The molecule has 98 valence electrons. The maximum Gasteiger partial charge on any atom is 0.135 e. The summed E-state index contributed by atoms with van der Waals surface area (Å²) < 4.78 is 6.04. The molecule has 0 spiro atoms. The maximum absolute atomic E-state index is 6.04. The fourth-order valence-corrected chi connectivity index (χ4v) is 3.08. The molecule has 0 atom stereocenters. The maximum atomic E-state index is 6.04. The SMILES string of the molecule is c1ccc2oc3ccc4nc5ccccc5c4c3cc2c1. The molecular formula is C19H11NO. The lowest BCUT2D eigenvalue weighted by Crippen LogP contribution is -1.78. The Morgan fingerprint density at radius 2 is 1.52 bits per heavy atom. The van der Waals surface area contributed by atoms with Gasteiger partial charge in [-0.3, -0.25) is 0 Å². The molecule has 3 aromatic carbocycles. The van der Waals surface area contributed by atoms with Crippen molar-refractivity contribution in [2.45, 2.75) is 0 Å². The number of benzene rings is 3. The lowest BCUT2D eigenvalue weighted by atomic mass is 10.1. The van der Waals surface area contributed by atoms with E-state index >= 15 is 0 Å². The van der Waals surface area contributed by atoms with E-state index in [1.165, 1.54) is 10.8 Å². The normalized spacial score (nSPS) is 11.8. The van der Waals surface area contributed by atoms with Crippen molar-refractivity contribution in [3.05, 3.63) is 66.7 Å². The molecule has 5 rings (SSSR count). The highest BCUT2D eigenvalue weighted by atomic mass is 16.3. The number of rotatable bonds is 0. The summed E-state index contributed by atoms with van der Waals surface area (Å²) in [6.07, 6.45) is 0. The van der Waals surface area contributed by atoms with E-state index in [0.717, 1.165) is 33.0 Å². The molecule has 21 heavy (non-hydrogen) atoms. The largest absolute Gasteiger partial charge is 0.456 e. The van der Waals surface area contributed by atoms with Gasteiger partial charge in [0.15, 0.2) is 0 Å². The quantitative estimate of drug-likeness (QED) is 0.357. The molecule has 0 fully saturated rings. The molecule has 0 bridgehead atoms. The van der Waals surface area contributed by atoms with Crippen molar-refractivity contribution in [1.29, 1.82) is 0 Å². The molecule has 0 saturated heterocycles. The van der Waals surface area contributed by atoms with Gasteiger partial charge >= 0.3 is 0 Å². The molecular weight excluding hydrogens is 258 g/mol. The number of hydrogen-bond donors (Lipinski definition) is 0. The molecule has 0 saturated carbocycles. The Morgan fingerprint density at radius 1 is 0.667 bits per heavy atom. The molecule has 0 N–H and O–H groups in total. The predicted molar refractivity (Wildman–Crippen MR) is 86.5 cm³/mol. The van der Waals surface area contributed by atoms with E-state index in [4.69, 9.17) is 9.40 Å². The highest BCUT2D eigenvalue weighted by molar-refractivity contribution is 6.20. The molecule has 0 unspecified atom stereocenters. The van der Waals surface area contributed by atoms with Crippen LogP contribution in [0, 0.1) is 0 Å². The summed E-state index contributed by atoms with van der Waals surface area (Å²) in [6, 6.07) is 22.6. The van der Waals surface area contributed by atoms with E-state index < -0.39 is 0 Å². The average molecular weight is 269 g/mol. The van der Waals surface area contributed by atoms with Gasteiger partial charge in [0.25, 0.3) is 0 Å². The van der Waals surface area contributed by atoms with Crippen molar-refractivity contribution in [3.8, 4) is 0 Å². The summed E-state index contributed by atoms with van der Waals surface area (Å²) in [4.78, 5) is 4.70. The molecule has 0 aliphatic carbocycles. The van der Waals surface area contributed by atoms with Crippen LogP contribution in [0.4, 0.5) is 0 Å². The lowest BCUT2D eigenvalue weighted by Gasteiger charge is -2.03. The highest BCUT2D eigenvalue weighted by Crippen LogP contribution is 2.34. The number of aromatic nitrogens is 1. The Hall–Kier alpha value is -2.87. The Kier molecular flexibility index (Phi) is 1.98. The molecule has 0 aliphatic heterocycles. The molecule has 5 aromatic rings. The summed E-state index contributed by atoms with van der Waals surface area (Å²) in [7, 11) is 0. The van der Waals surface area contributed by atoms with Crippen molar-refractivity contribution >= 4 is 43.7 Å². The minimum atomic E-state index is 0.902. The highest BCUT2D eigenvalue weighted by Gasteiger charge is 2.10. The second-order valence-electron chi connectivity index (χ2n) is 5.28. The van der Waals surface area contributed by atoms with Gasteiger partial charge < -0.3 is 4.42 Å². The van der Waals surface area contributed by atoms with Crippen LogP contribution in [0.2, 0.25) is 0 Å². The van der Waals surface area contributed by atoms with Gasteiger partial charge in [0.2, 0.25) is 0 Å². The molecule has 2 nitrogen and oxygen atoms in total. The van der Waals surface area contributed by atoms with Crippen LogP contribution in [0.5, 0.6) is 0 Å². The van der Waals surface area contributed by atoms with Gasteiger partial charge in [0, 0.05) is 21.5 Å². The summed E-state index contributed by atoms with van der Waals surface area (Å²) in [5, 5.41) is 4.60. The van der Waals surface area contributed by atoms with Crippen LogP contribution in [0.3, 0.4) is 0 Å². The van der Waals surface area contributed by atoms with E-state index in [2.05, 4.69) is 30.3 Å². The van der Waals surface area contributed by atoms with Gasteiger partial charge in [-0.15, -0.1) is 0 Å².